The van der Waals surface area contributed by atoms with E-state index in [2.05, 4.69) is 16.9 Å². The number of amides is 1. The van der Waals surface area contributed by atoms with Crippen LogP contribution >= 0.6 is 23.4 Å². The average molecular weight is 311 g/mol. The highest BCUT2D eigenvalue weighted by molar-refractivity contribution is 8.03. The normalized spacial score (nSPS) is 21.9. The first kappa shape index (κ1) is 13.6. The maximum Gasteiger partial charge on any atom is 0.254 e. The van der Waals surface area contributed by atoms with E-state index in [1.165, 1.54) is 0 Å². The third-order valence-corrected chi connectivity index (χ3v) is 4.66. The first-order valence-corrected chi connectivity index (χ1v) is 7.67. The number of thioether (sulfide) groups is 1. The van der Waals surface area contributed by atoms with E-state index in [0.29, 0.717) is 11.6 Å². The molecule has 7 heteroatoms. The first-order chi connectivity index (χ1) is 9.58. The van der Waals surface area contributed by atoms with Gasteiger partial charge in [-0.25, -0.2) is 0 Å². The summed E-state index contributed by atoms with van der Waals surface area (Å²) in [6.07, 6.45) is 6.97. The SMILES string of the molecule is CCN1C(Cn2cc(Cl)cn2)=CC(=O)N2C=C(C)SC21. The smallest absolute Gasteiger partial charge is 0.254 e. The zero-order valence-electron chi connectivity index (χ0n) is 11.3. The van der Waals surface area contributed by atoms with Crippen LogP contribution in [0.3, 0.4) is 0 Å². The van der Waals surface area contributed by atoms with E-state index in [-0.39, 0.29) is 11.4 Å². The largest absolute Gasteiger partial charge is 0.344 e. The van der Waals surface area contributed by atoms with Crippen molar-refractivity contribution in [1.29, 1.82) is 0 Å². The molecule has 3 heterocycles. The Balaban J connectivity index is 1.87. The third-order valence-electron chi connectivity index (χ3n) is 3.30. The topological polar surface area (TPSA) is 41.4 Å². The molecule has 1 unspecified atom stereocenters. The zero-order valence-corrected chi connectivity index (χ0v) is 12.9. The average Bonchev–Trinajstić information content (AvgIpc) is 2.96. The highest BCUT2D eigenvalue weighted by atomic mass is 35.5. The van der Waals surface area contributed by atoms with E-state index in [0.717, 1.165) is 17.1 Å². The van der Waals surface area contributed by atoms with Crippen molar-refractivity contribution in [2.45, 2.75) is 25.9 Å². The molecule has 1 atom stereocenters. The molecule has 106 valence electrons. The minimum absolute atomic E-state index is 0.0253. The van der Waals surface area contributed by atoms with Crippen molar-refractivity contribution in [1.82, 2.24) is 19.6 Å². The molecule has 0 N–H and O–H groups in total. The molecule has 0 aromatic carbocycles. The summed E-state index contributed by atoms with van der Waals surface area (Å²) in [6, 6.07) is 0. The fraction of sp³-hybridized carbons (Fsp3) is 0.385. The Morgan fingerprint density at radius 3 is 2.95 bits per heavy atom. The fourth-order valence-corrected chi connectivity index (χ4v) is 3.78. The molecule has 0 aliphatic carbocycles. The van der Waals surface area contributed by atoms with Gasteiger partial charge in [-0.2, -0.15) is 5.10 Å². The van der Waals surface area contributed by atoms with Crippen molar-refractivity contribution >= 4 is 29.3 Å². The number of fused-ring (bicyclic) bond motifs is 1. The minimum atomic E-state index is 0.0253. The van der Waals surface area contributed by atoms with Crippen LogP contribution in [0.1, 0.15) is 13.8 Å². The summed E-state index contributed by atoms with van der Waals surface area (Å²) in [5.41, 5.74) is 0.993. The predicted molar refractivity (Wildman–Crippen MR) is 79.7 cm³/mol. The van der Waals surface area contributed by atoms with Gasteiger partial charge in [0.25, 0.3) is 5.91 Å². The van der Waals surface area contributed by atoms with Crippen molar-refractivity contribution in [3.8, 4) is 0 Å². The number of hydrogen-bond donors (Lipinski definition) is 0. The van der Waals surface area contributed by atoms with Gasteiger partial charge in [-0.1, -0.05) is 23.4 Å². The van der Waals surface area contributed by atoms with E-state index < -0.39 is 0 Å². The maximum atomic E-state index is 12.2. The monoisotopic (exact) mass is 310 g/mol. The lowest BCUT2D eigenvalue weighted by molar-refractivity contribution is -0.127. The summed E-state index contributed by atoms with van der Waals surface area (Å²) in [7, 11) is 0. The van der Waals surface area contributed by atoms with E-state index in [9.17, 15) is 4.79 Å². The van der Waals surface area contributed by atoms with Crippen LogP contribution in [0.15, 0.2) is 35.3 Å². The van der Waals surface area contributed by atoms with Crippen molar-refractivity contribution in [3.05, 3.63) is 40.3 Å². The number of carbonyl (C=O) groups is 1. The van der Waals surface area contributed by atoms with Crippen molar-refractivity contribution in [3.63, 3.8) is 0 Å². The lowest BCUT2D eigenvalue weighted by Crippen LogP contribution is -2.48. The summed E-state index contributed by atoms with van der Waals surface area (Å²) < 4.78 is 1.75. The van der Waals surface area contributed by atoms with Crippen LogP contribution in [0, 0.1) is 0 Å². The molecule has 0 saturated carbocycles. The molecule has 20 heavy (non-hydrogen) atoms. The second kappa shape index (κ2) is 5.18. The Hall–Kier alpha value is -1.40. The number of aromatic nitrogens is 2. The summed E-state index contributed by atoms with van der Waals surface area (Å²) >= 11 is 7.58. The van der Waals surface area contributed by atoms with E-state index in [4.69, 9.17) is 11.6 Å². The summed E-state index contributed by atoms with van der Waals surface area (Å²) in [6.45, 7) is 5.50. The van der Waals surface area contributed by atoms with Crippen LogP contribution in [0.25, 0.3) is 0 Å². The molecule has 5 nitrogen and oxygen atoms in total. The van der Waals surface area contributed by atoms with Crippen molar-refractivity contribution in [2.75, 3.05) is 6.54 Å². The molecular formula is C13H15ClN4OS. The fourth-order valence-electron chi connectivity index (χ4n) is 2.43. The molecule has 0 saturated heterocycles. The van der Waals surface area contributed by atoms with Crippen molar-refractivity contribution in [2.24, 2.45) is 0 Å². The number of carbonyl (C=O) groups excluding carboxylic acids is 1. The van der Waals surface area contributed by atoms with Crippen LogP contribution in [0.5, 0.6) is 0 Å². The number of nitrogens with zero attached hydrogens (tertiary/aromatic N) is 4. The van der Waals surface area contributed by atoms with Crippen LogP contribution in [-0.4, -0.2) is 37.5 Å². The van der Waals surface area contributed by atoms with Gasteiger partial charge in [0.15, 0.2) is 5.50 Å². The van der Waals surface area contributed by atoms with Gasteiger partial charge in [-0.05, 0) is 13.8 Å². The van der Waals surface area contributed by atoms with Crippen LogP contribution in [0.2, 0.25) is 5.02 Å². The maximum absolute atomic E-state index is 12.2. The number of allylic oxidation sites excluding steroid dienone is 2. The second-order valence-electron chi connectivity index (χ2n) is 4.71. The molecule has 0 bridgehead atoms. The van der Waals surface area contributed by atoms with E-state index >= 15 is 0 Å². The Labute approximate surface area is 126 Å². The van der Waals surface area contributed by atoms with Gasteiger partial charge in [0.05, 0.1) is 17.8 Å². The van der Waals surface area contributed by atoms with Gasteiger partial charge < -0.3 is 4.90 Å². The molecule has 2 aliphatic heterocycles. The van der Waals surface area contributed by atoms with E-state index in [1.54, 1.807) is 39.8 Å². The number of halogens is 1. The van der Waals surface area contributed by atoms with Crippen LogP contribution in [-0.2, 0) is 11.3 Å². The number of rotatable bonds is 3. The Morgan fingerprint density at radius 1 is 1.50 bits per heavy atom. The van der Waals surface area contributed by atoms with Gasteiger partial charge >= 0.3 is 0 Å². The Kier molecular flexibility index (Phi) is 3.52. The summed E-state index contributed by atoms with van der Waals surface area (Å²) in [5.74, 6) is 0.0253. The molecule has 1 aromatic heterocycles. The summed E-state index contributed by atoms with van der Waals surface area (Å²) in [4.78, 5) is 17.3. The predicted octanol–water partition coefficient (Wildman–Crippen LogP) is 2.48. The van der Waals surface area contributed by atoms with Gasteiger partial charge in [0, 0.05) is 35.6 Å². The first-order valence-electron chi connectivity index (χ1n) is 6.41. The molecule has 0 radical (unpaired) electrons. The highest BCUT2D eigenvalue weighted by Gasteiger charge is 2.37. The number of likely N-dealkylation sites (N-methyl/N-ethyl adjacent to an activating group) is 1. The molecule has 3 rings (SSSR count). The molecular weight excluding hydrogens is 296 g/mol. The highest BCUT2D eigenvalue weighted by Crippen LogP contribution is 2.38. The summed E-state index contributed by atoms with van der Waals surface area (Å²) in [5, 5.41) is 4.78. The molecule has 1 aromatic rings. The van der Waals surface area contributed by atoms with Crippen LogP contribution < -0.4 is 0 Å². The molecule has 2 aliphatic rings. The van der Waals surface area contributed by atoms with E-state index in [1.807, 2.05) is 13.1 Å². The zero-order chi connectivity index (χ0) is 14.3. The molecule has 0 spiro atoms. The van der Waals surface area contributed by atoms with Gasteiger partial charge in [0.2, 0.25) is 0 Å². The molecule has 0 fully saturated rings. The quantitative estimate of drug-likeness (QED) is 0.860. The second-order valence-corrected chi connectivity index (χ2v) is 6.44. The third kappa shape index (κ3) is 2.33. The molecule has 1 amide bonds. The van der Waals surface area contributed by atoms with Crippen molar-refractivity contribution < 1.29 is 4.79 Å². The standard InChI is InChI=1S/C13H15ClN4OS/c1-3-17-11(8-16-7-10(14)5-15-16)4-12(19)18-6-9(2)20-13(17)18/h4-7,13H,3,8H2,1-2H3. The van der Waals surface area contributed by atoms with Gasteiger partial charge in [0.1, 0.15) is 0 Å². The Bertz CT molecular complexity index is 609. The number of hydrogen-bond acceptors (Lipinski definition) is 4. The lowest BCUT2D eigenvalue weighted by atomic mass is 10.2. The Morgan fingerprint density at radius 2 is 2.30 bits per heavy atom. The van der Waals surface area contributed by atoms with Gasteiger partial charge in [-0.3, -0.25) is 14.4 Å². The van der Waals surface area contributed by atoms with Crippen LogP contribution in [0.4, 0.5) is 0 Å². The van der Waals surface area contributed by atoms with Gasteiger partial charge in [-0.15, -0.1) is 0 Å². The minimum Gasteiger partial charge on any atom is -0.344 e. The lowest BCUT2D eigenvalue weighted by Gasteiger charge is -2.39.